The highest BCUT2D eigenvalue weighted by Gasteiger charge is 2.21. The summed E-state index contributed by atoms with van der Waals surface area (Å²) in [5.74, 6) is 1.34. The van der Waals surface area contributed by atoms with Crippen molar-refractivity contribution in [3.05, 3.63) is 59.2 Å². The van der Waals surface area contributed by atoms with Crippen LogP contribution in [0.25, 0.3) is 0 Å². The van der Waals surface area contributed by atoms with Gasteiger partial charge in [-0.3, -0.25) is 4.79 Å². The minimum absolute atomic E-state index is 0.0399. The molecule has 4 nitrogen and oxygen atoms in total. The van der Waals surface area contributed by atoms with Crippen LogP contribution in [0.5, 0.6) is 11.5 Å². The van der Waals surface area contributed by atoms with Crippen molar-refractivity contribution < 1.29 is 14.3 Å². The van der Waals surface area contributed by atoms with E-state index in [9.17, 15) is 4.79 Å². The lowest BCUT2D eigenvalue weighted by molar-refractivity contribution is -0.128. The van der Waals surface area contributed by atoms with Crippen LogP contribution < -0.4 is 14.8 Å². The third-order valence-corrected chi connectivity index (χ3v) is 4.98. The zero-order chi connectivity index (χ0) is 18.5. The minimum Gasteiger partial charge on any atom is -0.497 e. The zero-order valence-corrected chi connectivity index (χ0v) is 15.7. The number of methoxy groups -OCH3 is 1. The first-order valence-electron chi connectivity index (χ1n) is 9.33. The molecule has 0 spiro atoms. The topological polar surface area (TPSA) is 47.6 Å². The van der Waals surface area contributed by atoms with Gasteiger partial charge < -0.3 is 14.8 Å². The van der Waals surface area contributed by atoms with Gasteiger partial charge in [-0.1, -0.05) is 25.1 Å². The highest BCUT2D eigenvalue weighted by atomic mass is 16.5. The first-order chi connectivity index (χ1) is 12.6. The molecule has 1 aliphatic rings. The smallest absolute Gasteiger partial charge is 0.261 e. The Morgan fingerprint density at radius 1 is 1.08 bits per heavy atom. The predicted octanol–water partition coefficient (Wildman–Crippen LogP) is 4.22. The lowest BCUT2D eigenvalue weighted by Crippen LogP contribution is -2.39. The van der Waals surface area contributed by atoms with E-state index in [4.69, 9.17) is 9.47 Å². The number of amides is 1. The first-order valence-corrected chi connectivity index (χ1v) is 9.33. The Labute approximate surface area is 155 Å². The van der Waals surface area contributed by atoms with Gasteiger partial charge in [0, 0.05) is 0 Å². The summed E-state index contributed by atoms with van der Waals surface area (Å²) in [5, 5.41) is 3.09. The number of aryl methyl sites for hydroxylation is 2. The summed E-state index contributed by atoms with van der Waals surface area (Å²) in [7, 11) is 1.62. The van der Waals surface area contributed by atoms with Crippen LogP contribution in [0, 0.1) is 0 Å². The summed E-state index contributed by atoms with van der Waals surface area (Å²) in [6.07, 6.45) is 3.63. The molecule has 0 radical (unpaired) electrons. The van der Waals surface area contributed by atoms with E-state index < -0.39 is 6.10 Å². The van der Waals surface area contributed by atoms with Crippen LogP contribution in [0.1, 0.15) is 49.4 Å². The number of carbonyl (C=O) groups is 1. The number of hydrogen-bond acceptors (Lipinski definition) is 3. The number of fused-ring (bicyclic) bond motifs is 1. The van der Waals surface area contributed by atoms with Gasteiger partial charge in [-0.15, -0.1) is 0 Å². The van der Waals surface area contributed by atoms with Gasteiger partial charge in [0.05, 0.1) is 13.2 Å². The van der Waals surface area contributed by atoms with Crippen molar-refractivity contribution in [2.75, 3.05) is 7.11 Å². The molecule has 0 bridgehead atoms. The van der Waals surface area contributed by atoms with E-state index in [0.29, 0.717) is 12.2 Å². The molecule has 26 heavy (non-hydrogen) atoms. The maximum atomic E-state index is 12.7. The molecule has 2 aromatic rings. The Bertz CT molecular complexity index is 754. The molecule has 0 saturated carbocycles. The van der Waals surface area contributed by atoms with Gasteiger partial charge in [0.2, 0.25) is 0 Å². The van der Waals surface area contributed by atoms with Gasteiger partial charge in [0.25, 0.3) is 5.91 Å². The lowest BCUT2D eigenvalue weighted by atomic mass is 10.0. The fourth-order valence-electron chi connectivity index (χ4n) is 3.39. The second kappa shape index (κ2) is 8.26. The van der Waals surface area contributed by atoms with Crippen LogP contribution in [0.3, 0.4) is 0 Å². The van der Waals surface area contributed by atoms with Crippen molar-refractivity contribution in [1.29, 1.82) is 0 Å². The Balaban J connectivity index is 1.62. The summed E-state index contributed by atoms with van der Waals surface area (Å²) >= 11 is 0. The second-order valence-electron chi connectivity index (χ2n) is 6.80. The van der Waals surface area contributed by atoms with Crippen LogP contribution in [-0.4, -0.2) is 19.1 Å². The van der Waals surface area contributed by atoms with E-state index >= 15 is 0 Å². The third-order valence-electron chi connectivity index (χ3n) is 4.98. The maximum absolute atomic E-state index is 12.7. The summed E-state index contributed by atoms with van der Waals surface area (Å²) in [4.78, 5) is 12.7. The van der Waals surface area contributed by atoms with Crippen LogP contribution in [-0.2, 0) is 17.6 Å². The van der Waals surface area contributed by atoms with Gasteiger partial charge in [0.15, 0.2) is 6.10 Å². The minimum atomic E-state index is -0.514. The fraction of sp³-hybridized carbons (Fsp3) is 0.409. The van der Waals surface area contributed by atoms with Crippen molar-refractivity contribution >= 4 is 5.91 Å². The Kier molecular flexibility index (Phi) is 5.82. The molecule has 0 unspecified atom stereocenters. The van der Waals surface area contributed by atoms with E-state index in [1.165, 1.54) is 24.0 Å². The number of ether oxygens (including phenoxy) is 2. The van der Waals surface area contributed by atoms with E-state index in [1.807, 2.05) is 38.1 Å². The first kappa shape index (κ1) is 18.3. The summed E-state index contributed by atoms with van der Waals surface area (Å²) in [6, 6.07) is 13.8. The largest absolute Gasteiger partial charge is 0.497 e. The normalized spacial score (nSPS) is 15.0. The van der Waals surface area contributed by atoms with Crippen molar-refractivity contribution in [2.24, 2.45) is 0 Å². The molecule has 0 heterocycles. The number of benzene rings is 2. The van der Waals surface area contributed by atoms with Crippen LogP contribution in [0.2, 0.25) is 0 Å². The number of carbonyl (C=O) groups excluding carboxylic acids is 1. The van der Waals surface area contributed by atoms with Crippen LogP contribution >= 0.6 is 0 Å². The Morgan fingerprint density at radius 2 is 1.77 bits per heavy atom. The van der Waals surface area contributed by atoms with Gasteiger partial charge in [-0.25, -0.2) is 0 Å². The number of rotatable bonds is 7. The highest BCUT2D eigenvalue weighted by Crippen LogP contribution is 2.25. The second-order valence-corrected chi connectivity index (χ2v) is 6.80. The van der Waals surface area contributed by atoms with Crippen LogP contribution in [0.4, 0.5) is 0 Å². The fourth-order valence-corrected chi connectivity index (χ4v) is 3.39. The maximum Gasteiger partial charge on any atom is 0.261 e. The van der Waals surface area contributed by atoms with E-state index in [2.05, 4.69) is 23.5 Å². The molecule has 3 rings (SSSR count). The number of hydrogen-bond donors (Lipinski definition) is 1. The van der Waals surface area contributed by atoms with Gasteiger partial charge in [-0.2, -0.15) is 0 Å². The van der Waals surface area contributed by atoms with Crippen molar-refractivity contribution in [2.45, 2.75) is 51.7 Å². The molecular weight excluding hydrogens is 326 g/mol. The molecule has 1 aliphatic carbocycles. The van der Waals surface area contributed by atoms with Crippen molar-refractivity contribution in [1.82, 2.24) is 5.32 Å². The molecular formula is C22H27NO3. The molecule has 0 aromatic heterocycles. The lowest BCUT2D eigenvalue weighted by Gasteiger charge is -2.21. The summed E-state index contributed by atoms with van der Waals surface area (Å²) in [6.45, 7) is 3.97. The Morgan fingerprint density at radius 3 is 2.46 bits per heavy atom. The molecule has 0 saturated heterocycles. The average molecular weight is 353 g/mol. The molecule has 1 amide bonds. The Hall–Kier alpha value is -2.49. The monoisotopic (exact) mass is 353 g/mol. The van der Waals surface area contributed by atoms with E-state index in [0.717, 1.165) is 17.7 Å². The van der Waals surface area contributed by atoms with E-state index in [1.54, 1.807) is 7.11 Å². The van der Waals surface area contributed by atoms with Gasteiger partial charge in [-0.05, 0) is 73.6 Å². The van der Waals surface area contributed by atoms with Crippen LogP contribution in [0.15, 0.2) is 42.5 Å². The van der Waals surface area contributed by atoms with Crippen molar-refractivity contribution in [3.8, 4) is 11.5 Å². The molecule has 2 aromatic carbocycles. The van der Waals surface area contributed by atoms with E-state index in [-0.39, 0.29) is 11.9 Å². The summed E-state index contributed by atoms with van der Waals surface area (Å²) < 4.78 is 11.0. The highest BCUT2D eigenvalue weighted by molar-refractivity contribution is 5.81. The third kappa shape index (κ3) is 4.18. The SMILES string of the molecule is CC[C@H](Oc1ccc(OC)cc1)C(=O)N[C@H](C)c1ccc2c(c1)CCC2. The van der Waals surface area contributed by atoms with Crippen molar-refractivity contribution in [3.63, 3.8) is 0 Å². The molecule has 0 aliphatic heterocycles. The molecule has 4 heteroatoms. The molecule has 1 N–H and O–H groups in total. The molecule has 138 valence electrons. The van der Waals surface area contributed by atoms with Gasteiger partial charge >= 0.3 is 0 Å². The zero-order valence-electron chi connectivity index (χ0n) is 15.7. The average Bonchev–Trinajstić information content (AvgIpc) is 3.14. The summed E-state index contributed by atoms with van der Waals surface area (Å²) in [5.41, 5.74) is 4.02. The molecule has 0 fully saturated rings. The number of nitrogens with one attached hydrogen (secondary N) is 1. The van der Waals surface area contributed by atoms with Gasteiger partial charge in [0.1, 0.15) is 11.5 Å². The quantitative estimate of drug-likeness (QED) is 0.811. The standard InChI is InChI=1S/C22H27NO3/c1-4-21(26-20-12-10-19(25-3)11-13-20)22(24)23-15(2)17-9-8-16-6-5-7-18(16)14-17/h8-15,21H,4-7H2,1-3H3,(H,23,24)/t15-,21+/m1/s1. The predicted molar refractivity (Wildman–Crippen MR) is 103 cm³/mol. The molecule has 2 atom stereocenters.